The molecule has 4 aromatic carbocycles. The number of fused-ring (bicyclic) bond motifs is 4. The van der Waals surface area contributed by atoms with E-state index in [-0.39, 0.29) is 31.9 Å². The van der Waals surface area contributed by atoms with E-state index in [2.05, 4.69) is 16.7 Å². The number of nitriles is 1. The summed E-state index contributed by atoms with van der Waals surface area (Å²) in [5.74, 6) is 1.09. The van der Waals surface area contributed by atoms with Crippen LogP contribution in [0.15, 0.2) is 84.9 Å². The number of benzene rings is 4. The average Bonchev–Trinajstić information content (AvgIpc) is 3.26. The van der Waals surface area contributed by atoms with Gasteiger partial charge < -0.3 is 35.4 Å². The predicted octanol–water partition coefficient (Wildman–Crippen LogP) is 4.32. The molecule has 0 spiro atoms. The summed E-state index contributed by atoms with van der Waals surface area (Å²) < 4.78 is 50.7. The fourth-order valence-electron chi connectivity index (χ4n) is 5.90. The summed E-state index contributed by atoms with van der Waals surface area (Å²) in [7, 11) is 1.64. The van der Waals surface area contributed by atoms with Crippen LogP contribution in [-0.2, 0) is 30.6 Å². The van der Waals surface area contributed by atoms with Gasteiger partial charge in [-0.3, -0.25) is 0 Å². The first-order valence-corrected chi connectivity index (χ1v) is 14.6. The molecule has 8 nitrogen and oxygen atoms in total. The quantitative estimate of drug-likeness (QED) is 0.199. The first-order valence-electron chi connectivity index (χ1n) is 14.6. The van der Waals surface area contributed by atoms with Gasteiger partial charge in [-0.2, -0.15) is 18.4 Å². The van der Waals surface area contributed by atoms with E-state index in [1.807, 2.05) is 24.3 Å². The minimum atomic E-state index is -4.47. The Labute approximate surface area is 264 Å². The van der Waals surface area contributed by atoms with Crippen molar-refractivity contribution < 1.29 is 38.0 Å². The van der Waals surface area contributed by atoms with Crippen molar-refractivity contribution in [1.82, 2.24) is 10.6 Å². The molecule has 0 bridgehead atoms. The molecule has 5 N–H and O–H groups in total. The number of aliphatic hydroxyl groups is 3. The molecule has 0 saturated heterocycles. The van der Waals surface area contributed by atoms with Crippen molar-refractivity contribution in [3.8, 4) is 17.6 Å². The summed E-state index contributed by atoms with van der Waals surface area (Å²) in [6, 6.07) is 25.0. The second-order valence-corrected chi connectivity index (χ2v) is 11.1. The Morgan fingerprint density at radius 2 is 1.39 bits per heavy atom. The van der Waals surface area contributed by atoms with Crippen LogP contribution in [0.5, 0.6) is 11.5 Å². The summed E-state index contributed by atoms with van der Waals surface area (Å²) >= 11 is 0. The normalized spacial score (nSPS) is 19.6. The Morgan fingerprint density at radius 3 is 1.98 bits per heavy atom. The number of alkyl halides is 3. The van der Waals surface area contributed by atoms with Gasteiger partial charge in [-0.1, -0.05) is 48.5 Å². The maximum atomic E-state index is 13.1. The first kappa shape index (κ1) is 32.9. The van der Waals surface area contributed by atoms with Gasteiger partial charge in [0.2, 0.25) is 0 Å². The van der Waals surface area contributed by atoms with Crippen molar-refractivity contribution in [3.05, 3.63) is 129 Å². The number of para-hydroxylation sites is 2. The molecular weight excluding hydrogens is 599 g/mol. The lowest BCUT2D eigenvalue weighted by atomic mass is 9.83. The number of hydrogen-bond donors (Lipinski definition) is 5. The van der Waals surface area contributed by atoms with Gasteiger partial charge in [0.05, 0.1) is 23.8 Å². The van der Waals surface area contributed by atoms with Gasteiger partial charge in [0.25, 0.3) is 0 Å². The molecule has 2 heterocycles. The molecule has 2 unspecified atom stereocenters. The molecule has 2 atom stereocenters. The number of likely N-dealkylation sites (N-methyl/N-ethyl adjacent to an activating group) is 1. The highest BCUT2D eigenvalue weighted by molar-refractivity contribution is 5.52. The van der Waals surface area contributed by atoms with E-state index in [0.29, 0.717) is 52.5 Å². The van der Waals surface area contributed by atoms with Crippen LogP contribution in [0.25, 0.3) is 0 Å². The van der Waals surface area contributed by atoms with Gasteiger partial charge in [0, 0.05) is 30.8 Å². The van der Waals surface area contributed by atoms with E-state index >= 15 is 0 Å². The predicted molar refractivity (Wildman–Crippen MR) is 164 cm³/mol. The van der Waals surface area contributed by atoms with E-state index < -0.39 is 22.9 Å². The highest BCUT2D eigenvalue weighted by atomic mass is 19.4. The molecule has 0 aliphatic carbocycles. The van der Waals surface area contributed by atoms with Crippen molar-refractivity contribution in [3.63, 3.8) is 0 Å². The van der Waals surface area contributed by atoms with Crippen LogP contribution >= 0.6 is 0 Å². The minimum Gasteiger partial charge on any atom is -0.488 e. The third-order valence-electron chi connectivity index (χ3n) is 8.10. The number of nitrogens with zero attached hydrogens (tertiary/aromatic N) is 1. The number of hydrogen-bond acceptors (Lipinski definition) is 8. The standard InChI is InChI=1S/C18H18N2O3.C17H16F3NO2/c19-10-13-5-6-15-14(9-13)11-23-17-4-2-1-3-16(17)18(15,22)12-20-7-8-21;1-21-10-16(22)13-4-2-3-5-15(13)23-9-11-6-7-12(8-14(11)16)17(18,19)20/h1-6,9,20-22H,7-8,11-12H2;2-8,21-22H,9-10H2,1H3. The van der Waals surface area contributed by atoms with E-state index in [0.717, 1.165) is 17.7 Å². The monoisotopic (exact) mass is 633 g/mol. The molecule has 0 radical (unpaired) electrons. The van der Waals surface area contributed by atoms with Crippen molar-refractivity contribution in [2.24, 2.45) is 0 Å². The van der Waals surface area contributed by atoms with Gasteiger partial charge in [0.1, 0.15) is 35.9 Å². The summed E-state index contributed by atoms with van der Waals surface area (Å²) in [6.07, 6.45) is -4.47. The lowest BCUT2D eigenvalue weighted by Crippen LogP contribution is -2.40. The Kier molecular flexibility index (Phi) is 9.67. The smallest absolute Gasteiger partial charge is 0.416 e. The third kappa shape index (κ3) is 6.44. The van der Waals surface area contributed by atoms with E-state index in [1.54, 1.807) is 49.5 Å². The zero-order valence-electron chi connectivity index (χ0n) is 25.1. The molecule has 0 aromatic heterocycles. The van der Waals surface area contributed by atoms with Crippen molar-refractivity contribution in [1.29, 1.82) is 5.26 Å². The molecule has 46 heavy (non-hydrogen) atoms. The van der Waals surface area contributed by atoms with E-state index in [4.69, 9.17) is 19.8 Å². The molecule has 0 saturated carbocycles. The van der Waals surface area contributed by atoms with Crippen LogP contribution in [0.4, 0.5) is 13.2 Å². The molecule has 2 aliphatic heterocycles. The molecule has 6 rings (SSSR count). The fourth-order valence-corrected chi connectivity index (χ4v) is 5.90. The van der Waals surface area contributed by atoms with Crippen molar-refractivity contribution >= 4 is 0 Å². The highest BCUT2D eigenvalue weighted by Gasteiger charge is 2.41. The van der Waals surface area contributed by atoms with Crippen molar-refractivity contribution in [2.75, 3.05) is 33.3 Å². The average molecular weight is 634 g/mol. The van der Waals surface area contributed by atoms with Gasteiger partial charge in [0.15, 0.2) is 0 Å². The minimum absolute atomic E-state index is 0.00550. The lowest BCUT2D eigenvalue weighted by molar-refractivity contribution is -0.137. The van der Waals surface area contributed by atoms with Crippen LogP contribution in [0.2, 0.25) is 0 Å². The fraction of sp³-hybridized carbons (Fsp3) is 0.286. The van der Waals surface area contributed by atoms with Crippen LogP contribution in [0.1, 0.15) is 44.5 Å². The second kappa shape index (κ2) is 13.5. The first-order chi connectivity index (χ1) is 22.0. The van der Waals surface area contributed by atoms with Gasteiger partial charge in [-0.05, 0) is 65.7 Å². The summed E-state index contributed by atoms with van der Waals surface area (Å²) in [6.45, 7) is 1.10. The maximum Gasteiger partial charge on any atom is 0.416 e. The summed E-state index contributed by atoms with van der Waals surface area (Å²) in [4.78, 5) is 0. The molecule has 0 amide bonds. The Hall–Kier alpha value is -4.44. The Morgan fingerprint density at radius 1 is 0.783 bits per heavy atom. The third-order valence-corrected chi connectivity index (χ3v) is 8.10. The van der Waals surface area contributed by atoms with Gasteiger partial charge >= 0.3 is 6.18 Å². The number of rotatable bonds is 6. The molecule has 0 fully saturated rings. The largest absolute Gasteiger partial charge is 0.488 e. The molecular formula is C35H34F3N3O5. The zero-order valence-corrected chi connectivity index (χ0v) is 25.1. The second-order valence-electron chi connectivity index (χ2n) is 11.1. The van der Waals surface area contributed by atoms with Gasteiger partial charge in [-0.15, -0.1) is 0 Å². The highest BCUT2D eigenvalue weighted by Crippen LogP contribution is 2.43. The SMILES string of the molecule is CNCC1(O)c2cc(C(F)(F)F)ccc2COc2ccccc21.N#Cc1ccc2c(c1)COc1ccccc1C2(O)CNCCO. The summed E-state index contributed by atoms with van der Waals surface area (Å²) in [5, 5.41) is 46.7. The molecule has 11 heteroatoms. The van der Waals surface area contributed by atoms with E-state index in [1.165, 1.54) is 6.07 Å². The van der Waals surface area contributed by atoms with Gasteiger partial charge in [-0.25, -0.2) is 0 Å². The van der Waals surface area contributed by atoms with Crippen LogP contribution in [-0.4, -0.2) is 48.6 Å². The Bertz CT molecular complexity index is 1740. The number of nitrogens with one attached hydrogen (secondary N) is 2. The van der Waals surface area contributed by atoms with E-state index in [9.17, 15) is 23.4 Å². The molecule has 2 aliphatic rings. The lowest BCUT2D eigenvalue weighted by Gasteiger charge is -2.30. The number of halogens is 3. The maximum absolute atomic E-state index is 13.1. The molecule has 4 aromatic rings. The van der Waals surface area contributed by atoms with Crippen LogP contribution < -0.4 is 20.1 Å². The van der Waals surface area contributed by atoms with Crippen molar-refractivity contribution in [2.45, 2.75) is 30.6 Å². The number of aliphatic hydroxyl groups excluding tert-OH is 1. The number of ether oxygens (including phenoxy) is 2. The van der Waals surface area contributed by atoms with Crippen LogP contribution in [0, 0.1) is 11.3 Å². The zero-order chi connectivity index (χ0) is 33.0. The Balaban J connectivity index is 0.000000181. The van der Waals surface area contributed by atoms with Crippen LogP contribution in [0.3, 0.4) is 0 Å². The topological polar surface area (TPSA) is 127 Å². The molecule has 240 valence electrons. The summed E-state index contributed by atoms with van der Waals surface area (Å²) in [5.41, 5.74) is 0.235.